The number of nitrogens with one attached hydrogen (secondary N) is 1. The topological polar surface area (TPSA) is 86.1 Å². The van der Waals surface area contributed by atoms with Crippen LogP contribution in [0.5, 0.6) is 0 Å². The molecule has 1 N–H and O–H groups in total. The molecule has 0 radical (unpaired) electrons. The molecular formula is C27H28N4O3S3. The molecule has 7 nitrogen and oxygen atoms in total. The number of carbonyl (C=O) groups excluding carboxylic acids is 2. The lowest BCUT2D eigenvalue weighted by Gasteiger charge is -2.10. The third kappa shape index (κ3) is 5.87. The van der Waals surface area contributed by atoms with Crippen LogP contribution in [0.15, 0.2) is 58.9 Å². The summed E-state index contributed by atoms with van der Waals surface area (Å²) in [6.45, 7) is 10.7. The summed E-state index contributed by atoms with van der Waals surface area (Å²) < 4.78 is 7.27. The van der Waals surface area contributed by atoms with E-state index in [4.69, 9.17) is 4.74 Å². The number of anilines is 1. The third-order valence-electron chi connectivity index (χ3n) is 5.67. The average molecular weight is 553 g/mol. The molecule has 4 rings (SSSR count). The van der Waals surface area contributed by atoms with Crippen LogP contribution in [0.2, 0.25) is 0 Å². The number of thiophene rings is 2. The molecule has 3 heterocycles. The predicted molar refractivity (Wildman–Crippen MR) is 153 cm³/mol. The zero-order chi connectivity index (χ0) is 26.4. The van der Waals surface area contributed by atoms with Gasteiger partial charge in [-0.2, -0.15) is 0 Å². The number of esters is 1. The van der Waals surface area contributed by atoms with Crippen LogP contribution in [0.25, 0.3) is 22.5 Å². The van der Waals surface area contributed by atoms with Crippen molar-refractivity contribution in [2.24, 2.45) is 0 Å². The van der Waals surface area contributed by atoms with Gasteiger partial charge in [0, 0.05) is 33.3 Å². The maximum Gasteiger partial charge on any atom is 0.341 e. The van der Waals surface area contributed by atoms with Gasteiger partial charge in [-0.3, -0.25) is 9.36 Å². The molecule has 37 heavy (non-hydrogen) atoms. The van der Waals surface area contributed by atoms with Gasteiger partial charge in [-0.25, -0.2) is 4.79 Å². The number of aromatic nitrogens is 3. The fourth-order valence-corrected chi connectivity index (χ4v) is 6.63. The molecule has 0 saturated carbocycles. The Morgan fingerprint density at radius 2 is 1.89 bits per heavy atom. The van der Waals surface area contributed by atoms with E-state index in [1.54, 1.807) is 24.3 Å². The fraction of sp³-hybridized carbons (Fsp3) is 0.259. The van der Waals surface area contributed by atoms with E-state index < -0.39 is 5.97 Å². The maximum atomic E-state index is 13.0. The van der Waals surface area contributed by atoms with Crippen molar-refractivity contribution in [1.29, 1.82) is 0 Å². The van der Waals surface area contributed by atoms with Crippen LogP contribution >= 0.6 is 34.4 Å². The monoisotopic (exact) mass is 552 g/mol. The first-order valence-electron chi connectivity index (χ1n) is 11.9. The number of rotatable bonds is 11. The van der Waals surface area contributed by atoms with E-state index in [1.807, 2.05) is 40.3 Å². The predicted octanol–water partition coefficient (Wildman–Crippen LogP) is 6.70. The summed E-state index contributed by atoms with van der Waals surface area (Å²) in [7, 11) is 0. The van der Waals surface area contributed by atoms with Crippen molar-refractivity contribution in [3.63, 3.8) is 0 Å². The van der Waals surface area contributed by atoms with Crippen LogP contribution in [-0.4, -0.2) is 39.0 Å². The quantitative estimate of drug-likeness (QED) is 0.127. The zero-order valence-corrected chi connectivity index (χ0v) is 23.4. The number of amides is 1. The van der Waals surface area contributed by atoms with Gasteiger partial charge in [-0.05, 0) is 31.4 Å². The van der Waals surface area contributed by atoms with Crippen molar-refractivity contribution in [1.82, 2.24) is 14.8 Å². The Kier molecular flexibility index (Phi) is 8.96. The van der Waals surface area contributed by atoms with Gasteiger partial charge in [-0.1, -0.05) is 55.1 Å². The number of ether oxygens (including phenoxy) is 1. The Labute approximate surface area is 228 Å². The molecule has 10 heteroatoms. The van der Waals surface area contributed by atoms with Crippen molar-refractivity contribution in [3.8, 4) is 22.5 Å². The van der Waals surface area contributed by atoms with Crippen molar-refractivity contribution in [3.05, 3.63) is 69.8 Å². The van der Waals surface area contributed by atoms with Crippen molar-refractivity contribution in [2.75, 3.05) is 17.7 Å². The average Bonchev–Trinajstić information content (AvgIpc) is 3.60. The minimum absolute atomic E-state index is 0.111. The van der Waals surface area contributed by atoms with Gasteiger partial charge in [0.2, 0.25) is 5.91 Å². The molecule has 0 saturated heterocycles. The molecule has 0 aliphatic carbocycles. The Morgan fingerprint density at radius 3 is 2.59 bits per heavy atom. The Hall–Kier alpha value is -3.21. The standard InChI is InChI=1S/C27H28N4O3S3/c1-5-13-31-24(21-15-35-17(4)19(21)6-2)29-30-27(31)37-16-22(32)28-25-23(26(33)34-7-3)20(14-36-25)18-11-9-8-10-12-18/h5,8-12,14-15H,1,6-7,13,16H2,2-4H3,(H,28,32). The third-order valence-corrected chi connectivity index (χ3v) is 8.48. The van der Waals surface area contributed by atoms with E-state index >= 15 is 0 Å². The minimum Gasteiger partial charge on any atom is -0.462 e. The molecule has 1 aromatic carbocycles. The van der Waals surface area contributed by atoms with Crippen molar-refractivity contribution < 1.29 is 14.3 Å². The Bertz CT molecular complexity index is 1410. The highest BCUT2D eigenvalue weighted by Gasteiger charge is 2.24. The summed E-state index contributed by atoms with van der Waals surface area (Å²) >= 11 is 4.30. The number of allylic oxidation sites excluding steroid dienone is 1. The minimum atomic E-state index is -0.460. The number of thioether (sulfide) groups is 1. The lowest BCUT2D eigenvalue weighted by atomic mass is 10.0. The number of hydrogen-bond acceptors (Lipinski definition) is 8. The number of nitrogens with zero attached hydrogens (tertiary/aromatic N) is 3. The number of benzene rings is 1. The van der Waals surface area contributed by atoms with Gasteiger partial charge in [0.05, 0.1) is 12.4 Å². The summed E-state index contributed by atoms with van der Waals surface area (Å²) in [5, 5.41) is 16.8. The summed E-state index contributed by atoms with van der Waals surface area (Å²) in [6, 6.07) is 9.58. The van der Waals surface area contributed by atoms with Crippen LogP contribution in [0.1, 0.15) is 34.6 Å². The van der Waals surface area contributed by atoms with Gasteiger partial charge in [-0.15, -0.1) is 39.4 Å². The molecular weight excluding hydrogens is 525 g/mol. The molecule has 1 amide bonds. The summed E-state index contributed by atoms with van der Waals surface area (Å²) in [4.78, 5) is 27.0. The van der Waals surface area contributed by atoms with E-state index in [2.05, 4.69) is 41.3 Å². The van der Waals surface area contributed by atoms with E-state index in [-0.39, 0.29) is 18.3 Å². The number of hydrogen-bond donors (Lipinski definition) is 1. The normalized spacial score (nSPS) is 10.9. The molecule has 0 aliphatic heterocycles. The molecule has 0 spiro atoms. The molecule has 0 bridgehead atoms. The molecule has 192 valence electrons. The van der Waals surface area contributed by atoms with Crippen LogP contribution in [0.4, 0.5) is 5.00 Å². The second-order valence-corrected chi connectivity index (χ2v) is 10.9. The van der Waals surface area contributed by atoms with Gasteiger partial charge in [0.25, 0.3) is 0 Å². The van der Waals surface area contributed by atoms with Crippen LogP contribution < -0.4 is 5.32 Å². The maximum absolute atomic E-state index is 13.0. The molecule has 0 fully saturated rings. The molecule has 0 unspecified atom stereocenters. The first-order valence-corrected chi connectivity index (χ1v) is 14.6. The van der Waals surface area contributed by atoms with E-state index in [1.165, 1.54) is 33.5 Å². The first kappa shape index (κ1) is 26.8. The molecule has 4 aromatic rings. The van der Waals surface area contributed by atoms with E-state index in [0.29, 0.717) is 22.3 Å². The summed E-state index contributed by atoms with van der Waals surface area (Å²) in [5.41, 5.74) is 4.32. The fourth-order valence-electron chi connectivity index (χ4n) is 3.97. The summed E-state index contributed by atoms with van der Waals surface area (Å²) in [5.74, 6) is 0.185. The molecule has 0 atom stereocenters. The Morgan fingerprint density at radius 1 is 1.14 bits per heavy atom. The number of carbonyl (C=O) groups is 2. The lowest BCUT2D eigenvalue weighted by Crippen LogP contribution is -2.17. The number of aryl methyl sites for hydroxylation is 1. The zero-order valence-electron chi connectivity index (χ0n) is 20.9. The van der Waals surface area contributed by atoms with Crippen LogP contribution in [-0.2, 0) is 22.5 Å². The Balaban J connectivity index is 1.53. The van der Waals surface area contributed by atoms with Gasteiger partial charge >= 0.3 is 5.97 Å². The van der Waals surface area contributed by atoms with Gasteiger partial charge < -0.3 is 10.1 Å². The van der Waals surface area contributed by atoms with Crippen molar-refractivity contribution in [2.45, 2.75) is 38.9 Å². The highest BCUT2D eigenvalue weighted by atomic mass is 32.2. The van der Waals surface area contributed by atoms with Crippen LogP contribution in [0, 0.1) is 6.92 Å². The van der Waals surface area contributed by atoms with Gasteiger partial charge in [0.15, 0.2) is 11.0 Å². The van der Waals surface area contributed by atoms with Gasteiger partial charge in [0.1, 0.15) is 10.6 Å². The second kappa shape index (κ2) is 12.4. The van der Waals surface area contributed by atoms with Crippen molar-refractivity contribution >= 4 is 51.3 Å². The summed E-state index contributed by atoms with van der Waals surface area (Å²) in [6.07, 6.45) is 2.70. The second-order valence-electron chi connectivity index (χ2n) is 8.02. The highest BCUT2D eigenvalue weighted by Crippen LogP contribution is 2.37. The molecule has 0 aliphatic rings. The SMILES string of the molecule is C=CCn1c(SCC(=O)Nc2scc(-c3ccccc3)c2C(=O)OCC)nnc1-c1csc(C)c1CC. The first-order chi connectivity index (χ1) is 18.0. The van der Waals surface area contributed by atoms with Crippen LogP contribution in [0.3, 0.4) is 0 Å². The largest absolute Gasteiger partial charge is 0.462 e. The van der Waals surface area contributed by atoms with E-state index in [0.717, 1.165) is 28.9 Å². The smallest absolute Gasteiger partial charge is 0.341 e. The highest BCUT2D eigenvalue weighted by molar-refractivity contribution is 7.99. The van der Waals surface area contributed by atoms with E-state index in [9.17, 15) is 9.59 Å². The lowest BCUT2D eigenvalue weighted by molar-refractivity contribution is -0.113. The molecule has 3 aromatic heterocycles.